The summed E-state index contributed by atoms with van der Waals surface area (Å²) in [6.45, 7) is 12.8. The van der Waals surface area contributed by atoms with Crippen molar-refractivity contribution in [1.29, 1.82) is 0 Å². The van der Waals surface area contributed by atoms with Gasteiger partial charge in [-0.1, -0.05) is 59.1 Å². The fraction of sp³-hybridized carbons (Fsp3) is 0.594. The summed E-state index contributed by atoms with van der Waals surface area (Å²) in [4.78, 5) is 46.1. The summed E-state index contributed by atoms with van der Waals surface area (Å²) < 4.78 is 4.98. The Bertz CT molecular complexity index is 1140. The minimum absolute atomic E-state index is 0.00451. The number of carbonyl (C=O) groups excluding carboxylic acids is 3. The Morgan fingerprint density at radius 3 is 2.54 bits per heavy atom. The molecule has 1 N–H and O–H groups in total. The minimum atomic E-state index is -0.723. The molecule has 1 aromatic rings. The van der Waals surface area contributed by atoms with Crippen LogP contribution in [0.2, 0.25) is 0 Å². The zero-order chi connectivity index (χ0) is 29.7. The second-order valence-corrected chi connectivity index (χ2v) is 14.1. The molecule has 3 aliphatic rings. The van der Waals surface area contributed by atoms with Gasteiger partial charge in [-0.2, -0.15) is 0 Å². The number of thioether (sulfide) groups is 1. The van der Waals surface area contributed by atoms with Gasteiger partial charge in [0.05, 0.1) is 23.2 Å². The van der Waals surface area contributed by atoms with E-state index in [0.717, 1.165) is 42.5 Å². The lowest BCUT2D eigenvalue weighted by atomic mass is 9.71. The van der Waals surface area contributed by atoms with Gasteiger partial charge >= 0.3 is 5.97 Å². The van der Waals surface area contributed by atoms with Crippen molar-refractivity contribution in [3.05, 3.63) is 54.6 Å². The molecule has 3 aliphatic heterocycles. The standard InChI is InChI=1S/C32H43BrN2O5S/c1-5-7-12-19-40-31(39)24-25-29(37)35(17-10-8-9-11-18-36)28(32(25)20-23(33)27(24)41-32)30(38)34(16-6-2)26-21(3)14-13-15-22(26)4/h5-6,13-15,23-25,27-28,36H,1-2,7-12,16-20H2,3-4H3/t23?,24-,25-,27-,28?,32?/m0/s1. The number of anilines is 1. The molecule has 0 saturated carbocycles. The second-order valence-electron chi connectivity index (χ2n) is 11.4. The van der Waals surface area contributed by atoms with Crippen molar-refractivity contribution in [1.82, 2.24) is 4.90 Å². The number of rotatable bonds is 15. The quantitative estimate of drug-likeness (QED) is 0.120. The summed E-state index contributed by atoms with van der Waals surface area (Å²) in [6, 6.07) is 5.26. The van der Waals surface area contributed by atoms with Crippen LogP contribution in [0.3, 0.4) is 0 Å². The van der Waals surface area contributed by atoms with Crippen molar-refractivity contribution < 1.29 is 24.2 Å². The topological polar surface area (TPSA) is 87.1 Å². The molecule has 3 saturated heterocycles. The van der Waals surface area contributed by atoms with Gasteiger partial charge in [0.2, 0.25) is 5.91 Å². The Labute approximate surface area is 256 Å². The van der Waals surface area contributed by atoms with E-state index in [9.17, 15) is 19.5 Å². The van der Waals surface area contributed by atoms with Gasteiger partial charge in [0.1, 0.15) is 6.04 Å². The highest BCUT2D eigenvalue weighted by Crippen LogP contribution is 2.68. The summed E-state index contributed by atoms with van der Waals surface area (Å²) in [5.41, 5.74) is 2.81. The maximum Gasteiger partial charge on any atom is 0.310 e. The first kappa shape index (κ1) is 31.8. The number of nitrogens with zero attached hydrogens (tertiary/aromatic N) is 2. The minimum Gasteiger partial charge on any atom is -0.465 e. The van der Waals surface area contributed by atoms with E-state index in [1.165, 1.54) is 0 Å². The van der Waals surface area contributed by atoms with E-state index >= 15 is 0 Å². The van der Waals surface area contributed by atoms with Gasteiger partial charge < -0.3 is 19.6 Å². The van der Waals surface area contributed by atoms with Crippen LogP contribution in [0.15, 0.2) is 43.5 Å². The van der Waals surface area contributed by atoms with Crippen LogP contribution in [0, 0.1) is 25.7 Å². The molecule has 3 heterocycles. The van der Waals surface area contributed by atoms with Crippen LogP contribution >= 0.6 is 27.7 Å². The van der Waals surface area contributed by atoms with E-state index in [2.05, 4.69) is 29.1 Å². The van der Waals surface area contributed by atoms with Gasteiger partial charge in [0, 0.05) is 35.5 Å². The number of aliphatic hydroxyl groups is 1. The molecule has 41 heavy (non-hydrogen) atoms. The molecule has 224 valence electrons. The lowest BCUT2D eigenvalue weighted by Gasteiger charge is -2.38. The Morgan fingerprint density at radius 2 is 1.88 bits per heavy atom. The van der Waals surface area contributed by atoms with E-state index in [4.69, 9.17) is 4.74 Å². The van der Waals surface area contributed by atoms with Crippen LogP contribution in [0.1, 0.15) is 56.1 Å². The van der Waals surface area contributed by atoms with E-state index in [-0.39, 0.29) is 41.1 Å². The van der Waals surface area contributed by atoms with Crippen LogP contribution in [0.25, 0.3) is 0 Å². The normalized spacial score (nSPS) is 28.0. The predicted molar refractivity (Wildman–Crippen MR) is 168 cm³/mol. The number of fused-ring (bicyclic) bond motifs is 1. The van der Waals surface area contributed by atoms with Gasteiger partial charge in [-0.3, -0.25) is 14.4 Å². The van der Waals surface area contributed by atoms with Gasteiger partial charge in [0.15, 0.2) is 0 Å². The molecule has 0 aromatic heterocycles. The van der Waals surface area contributed by atoms with Gasteiger partial charge in [0.25, 0.3) is 5.91 Å². The van der Waals surface area contributed by atoms with Crippen molar-refractivity contribution in [3.63, 3.8) is 0 Å². The number of halogens is 1. The van der Waals surface area contributed by atoms with Crippen molar-refractivity contribution in [3.8, 4) is 0 Å². The fourth-order valence-corrected chi connectivity index (χ4v) is 10.6. The molecule has 0 aliphatic carbocycles. The maximum absolute atomic E-state index is 14.8. The number of alkyl halides is 1. The Balaban J connectivity index is 1.72. The molecule has 1 spiro atoms. The molecule has 1 aromatic carbocycles. The third kappa shape index (κ3) is 6.04. The van der Waals surface area contributed by atoms with Gasteiger partial charge in [-0.15, -0.1) is 24.9 Å². The van der Waals surface area contributed by atoms with E-state index in [1.54, 1.807) is 33.7 Å². The van der Waals surface area contributed by atoms with Crippen LogP contribution < -0.4 is 4.90 Å². The molecule has 6 atom stereocenters. The van der Waals surface area contributed by atoms with Crippen molar-refractivity contribution in [2.24, 2.45) is 11.8 Å². The summed E-state index contributed by atoms with van der Waals surface area (Å²) in [5.74, 6) is -1.79. The number of aliphatic hydroxyl groups excluding tert-OH is 1. The van der Waals surface area contributed by atoms with E-state index in [1.807, 2.05) is 32.0 Å². The Morgan fingerprint density at radius 1 is 1.17 bits per heavy atom. The van der Waals surface area contributed by atoms with E-state index < -0.39 is 22.6 Å². The third-order valence-electron chi connectivity index (χ3n) is 8.69. The van der Waals surface area contributed by atoms with Crippen LogP contribution in [0.5, 0.6) is 0 Å². The number of aryl methyl sites for hydroxylation is 2. The molecule has 4 rings (SSSR count). The van der Waals surface area contributed by atoms with Crippen LogP contribution in [-0.2, 0) is 19.1 Å². The number of amides is 2. The molecule has 3 unspecified atom stereocenters. The summed E-state index contributed by atoms with van der Waals surface area (Å²) >= 11 is 5.46. The second kappa shape index (κ2) is 13.9. The molecule has 3 fully saturated rings. The lowest BCUT2D eigenvalue weighted by molar-refractivity contribution is -0.154. The van der Waals surface area contributed by atoms with Crippen molar-refractivity contribution in [2.75, 3.05) is 31.2 Å². The molecule has 7 nitrogen and oxygen atoms in total. The van der Waals surface area contributed by atoms with Gasteiger partial charge in [-0.05, 0) is 57.1 Å². The SMILES string of the molecule is C=CCCCOC(=O)[C@H]1[C@H]2C(=O)N(CCCCCCO)C(C(=O)N(CC=C)c3c(C)cccc3C)C23CC(Br)[C@@H]1S3. The van der Waals surface area contributed by atoms with E-state index in [0.29, 0.717) is 32.4 Å². The highest BCUT2D eigenvalue weighted by Gasteiger charge is 2.76. The maximum atomic E-state index is 14.8. The monoisotopic (exact) mass is 646 g/mol. The molecule has 2 bridgehead atoms. The highest BCUT2D eigenvalue weighted by atomic mass is 79.9. The Kier molecular flexibility index (Phi) is 10.8. The zero-order valence-corrected chi connectivity index (χ0v) is 26.6. The van der Waals surface area contributed by atoms with Gasteiger partial charge in [-0.25, -0.2) is 0 Å². The molecule has 9 heteroatoms. The number of hydrogen-bond acceptors (Lipinski definition) is 6. The molecular formula is C32H43BrN2O5S. The molecule has 0 radical (unpaired) electrons. The number of carbonyl (C=O) groups is 3. The number of ether oxygens (including phenoxy) is 1. The molecule has 2 amide bonds. The van der Waals surface area contributed by atoms with Crippen LogP contribution in [-0.4, -0.2) is 75.0 Å². The van der Waals surface area contributed by atoms with Crippen molar-refractivity contribution in [2.45, 2.75) is 79.7 Å². The summed E-state index contributed by atoms with van der Waals surface area (Å²) in [6.07, 6.45) is 8.74. The average molecular weight is 648 g/mol. The Hall–Kier alpha value is -2.10. The number of benzene rings is 1. The summed E-state index contributed by atoms with van der Waals surface area (Å²) in [5, 5.41) is 9.06. The number of unbranched alkanes of at least 4 members (excludes halogenated alkanes) is 4. The first-order valence-electron chi connectivity index (χ1n) is 14.7. The third-order valence-corrected chi connectivity index (χ3v) is 11.9. The first-order chi connectivity index (χ1) is 19.7. The lowest BCUT2D eigenvalue weighted by Crippen LogP contribution is -2.56. The average Bonchev–Trinajstić information content (AvgIpc) is 3.53. The number of para-hydroxylation sites is 1. The first-order valence-corrected chi connectivity index (χ1v) is 16.5. The largest absolute Gasteiger partial charge is 0.465 e. The van der Waals surface area contributed by atoms with Crippen molar-refractivity contribution >= 4 is 51.2 Å². The fourth-order valence-electron chi connectivity index (χ4n) is 6.96. The zero-order valence-electron chi connectivity index (χ0n) is 24.2. The number of allylic oxidation sites excluding steroid dienone is 1. The highest BCUT2D eigenvalue weighted by molar-refractivity contribution is 9.09. The van der Waals surface area contributed by atoms with Crippen LogP contribution in [0.4, 0.5) is 5.69 Å². The number of esters is 1. The predicted octanol–water partition coefficient (Wildman–Crippen LogP) is 5.35. The number of hydrogen-bond donors (Lipinski definition) is 1. The molecular weight excluding hydrogens is 604 g/mol. The smallest absolute Gasteiger partial charge is 0.310 e. The summed E-state index contributed by atoms with van der Waals surface area (Å²) in [7, 11) is 0. The number of likely N-dealkylation sites (tertiary alicyclic amines) is 1.